The van der Waals surface area contributed by atoms with Crippen LogP contribution in [0.2, 0.25) is 0 Å². The third-order valence-corrected chi connectivity index (χ3v) is 6.49. The number of sulfone groups is 1. The molecule has 0 aromatic heterocycles. The standard InChI is InChI=1S/C20H33NO3S/c1-17(2)6-4-5-15-24-19-11-13-21(14-12-19)16-25(22,23)20-9-7-18(3)8-10-20/h7-10,17,19H,4-6,11-16H2,1-3H3. The van der Waals surface area contributed by atoms with Gasteiger partial charge in [0.05, 0.1) is 11.0 Å². The maximum Gasteiger partial charge on any atom is 0.191 e. The Morgan fingerprint density at radius 3 is 2.36 bits per heavy atom. The molecule has 1 fully saturated rings. The fraction of sp³-hybridized carbons (Fsp3) is 0.700. The van der Waals surface area contributed by atoms with Gasteiger partial charge in [-0.05, 0) is 44.2 Å². The smallest absolute Gasteiger partial charge is 0.191 e. The molecule has 2 rings (SSSR count). The number of nitrogens with zero attached hydrogens (tertiary/aromatic N) is 1. The summed E-state index contributed by atoms with van der Waals surface area (Å²) in [5.41, 5.74) is 1.07. The molecule has 0 spiro atoms. The molecule has 0 radical (unpaired) electrons. The second-order valence-electron chi connectivity index (χ2n) is 7.63. The topological polar surface area (TPSA) is 46.6 Å². The molecule has 0 bridgehead atoms. The van der Waals surface area contributed by atoms with Crippen LogP contribution in [0.1, 0.15) is 51.5 Å². The lowest BCUT2D eigenvalue weighted by Gasteiger charge is -2.31. The van der Waals surface area contributed by atoms with E-state index in [1.54, 1.807) is 12.1 Å². The summed E-state index contributed by atoms with van der Waals surface area (Å²) in [6, 6.07) is 7.12. The molecule has 0 amide bonds. The summed E-state index contributed by atoms with van der Waals surface area (Å²) in [7, 11) is -3.24. The van der Waals surface area contributed by atoms with Gasteiger partial charge in [0, 0.05) is 19.7 Å². The second-order valence-corrected chi connectivity index (χ2v) is 9.59. The average Bonchev–Trinajstić information content (AvgIpc) is 2.56. The molecule has 0 unspecified atom stereocenters. The van der Waals surface area contributed by atoms with Gasteiger partial charge in [-0.25, -0.2) is 8.42 Å². The molecular formula is C20H33NO3S. The normalized spacial score (nSPS) is 17.3. The number of hydrogen-bond donors (Lipinski definition) is 0. The molecule has 4 nitrogen and oxygen atoms in total. The van der Waals surface area contributed by atoms with E-state index in [2.05, 4.69) is 13.8 Å². The number of benzene rings is 1. The van der Waals surface area contributed by atoms with Crippen molar-refractivity contribution in [2.75, 3.05) is 25.6 Å². The summed E-state index contributed by atoms with van der Waals surface area (Å²) in [6.07, 6.45) is 5.75. The molecular weight excluding hydrogens is 334 g/mol. The molecule has 1 aliphatic rings. The summed E-state index contributed by atoms with van der Waals surface area (Å²) < 4.78 is 31.0. The fourth-order valence-electron chi connectivity index (χ4n) is 3.17. The minimum absolute atomic E-state index is 0.108. The van der Waals surface area contributed by atoms with Crippen molar-refractivity contribution in [3.05, 3.63) is 29.8 Å². The maximum absolute atomic E-state index is 12.5. The van der Waals surface area contributed by atoms with Gasteiger partial charge in [0.15, 0.2) is 9.84 Å². The van der Waals surface area contributed by atoms with Crippen LogP contribution >= 0.6 is 0 Å². The van der Waals surface area contributed by atoms with Gasteiger partial charge in [-0.2, -0.15) is 0 Å². The molecule has 0 N–H and O–H groups in total. The zero-order chi connectivity index (χ0) is 18.3. The number of likely N-dealkylation sites (tertiary alicyclic amines) is 1. The van der Waals surface area contributed by atoms with Crippen LogP contribution in [0.4, 0.5) is 0 Å². The highest BCUT2D eigenvalue weighted by atomic mass is 32.2. The van der Waals surface area contributed by atoms with Crippen LogP contribution in [0.25, 0.3) is 0 Å². The summed E-state index contributed by atoms with van der Waals surface area (Å²) in [5, 5.41) is 0. The van der Waals surface area contributed by atoms with E-state index in [1.807, 2.05) is 24.0 Å². The average molecular weight is 368 g/mol. The number of hydrogen-bond acceptors (Lipinski definition) is 4. The minimum atomic E-state index is -3.24. The Kier molecular flexibility index (Phi) is 7.91. The highest BCUT2D eigenvalue weighted by Crippen LogP contribution is 2.19. The van der Waals surface area contributed by atoms with Crippen LogP contribution in [0.5, 0.6) is 0 Å². The first-order valence-corrected chi connectivity index (χ1v) is 11.2. The lowest BCUT2D eigenvalue weighted by Crippen LogP contribution is -2.40. The van der Waals surface area contributed by atoms with Crippen molar-refractivity contribution in [3.63, 3.8) is 0 Å². The van der Waals surface area contributed by atoms with Crippen molar-refractivity contribution in [2.24, 2.45) is 5.92 Å². The molecule has 1 saturated heterocycles. The van der Waals surface area contributed by atoms with Crippen LogP contribution in [0.15, 0.2) is 29.2 Å². The predicted octanol–water partition coefficient (Wildman–Crippen LogP) is 4.03. The predicted molar refractivity (Wildman–Crippen MR) is 102 cm³/mol. The summed E-state index contributed by atoms with van der Waals surface area (Å²) in [4.78, 5) is 2.45. The monoisotopic (exact) mass is 367 g/mol. The fourth-order valence-corrected chi connectivity index (χ4v) is 4.61. The number of unbranched alkanes of at least 4 members (excludes halogenated alkanes) is 1. The molecule has 1 aromatic carbocycles. The first-order valence-electron chi connectivity index (χ1n) is 9.50. The highest BCUT2D eigenvalue weighted by molar-refractivity contribution is 7.91. The first kappa shape index (κ1) is 20.4. The number of ether oxygens (including phenoxy) is 1. The Labute approximate surface area is 153 Å². The maximum atomic E-state index is 12.5. The van der Waals surface area contributed by atoms with Gasteiger partial charge in [0.2, 0.25) is 0 Å². The van der Waals surface area contributed by atoms with Crippen molar-refractivity contribution in [1.82, 2.24) is 4.90 Å². The van der Waals surface area contributed by atoms with E-state index in [-0.39, 0.29) is 12.0 Å². The molecule has 0 atom stereocenters. The van der Waals surface area contributed by atoms with E-state index >= 15 is 0 Å². The second kappa shape index (κ2) is 9.70. The molecule has 0 aliphatic carbocycles. The van der Waals surface area contributed by atoms with Crippen LogP contribution in [0.3, 0.4) is 0 Å². The number of aryl methyl sites for hydroxylation is 1. The molecule has 1 heterocycles. The Bertz CT molecular complexity index is 602. The van der Waals surface area contributed by atoms with Crippen molar-refractivity contribution < 1.29 is 13.2 Å². The van der Waals surface area contributed by atoms with E-state index < -0.39 is 9.84 Å². The van der Waals surface area contributed by atoms with Crippen LogP contribution in [0, 0.1) is 12.8 Å². The molecule has 0 saturated carbocycles. The van der Waals surface area contributed by atoms with Gasteiger partial charge in [0.25, 0.3) is 0 Å². The lowest BCUT2D eigenvalue weighted by atomic mass is 10.1. The van der Waals surface area contributed by atoms with E-state index in [4.69, 9.17) is 4.74 Å². The lowest BCUT2D eigenvalue weighted by molar-refractivity contribution is 0.00906. The van der Waals surface area contributed by atoms with Crippen molar-refractivity contribution >= 4 is 9.84 Å². The summed E-state index contributed by atoms with van der Waals surface area (Å²) in [6.45, 7) is 8.88. The summed E-state index contributed by atoms with van der Waals surface area (Å²) >= 11 is 0. The molecule has 25 heavy (non-hydrogen) atoms. The SMILES string of the molecule is Cc1ccc(S(=O)(=O)CN2CCC(OCCCCC(C)C)CC2)cc1. The largest absolute Gasteiger partial charge is 0.378 e. The van der Waals surface area contributed by atoms with E-state index in [0.29, 0.717) is 4.90 Å². The Morgan fingerprint density at radius 2 is 1.76 bits per heavy atom. The van der Waals surface area contributed by atoms with E-state index in [9.17, 15) is 8.42 Å². The van der Waals surface area contributed by atoms with Crippen LogP contribution in [-0.2, 0) is 14.6 Å². The van der Waals surface area contributed by atoms with Crippen LogP contribution < -0.4 is 0 Å². The van der Waals surface area contributed by atoms with Gasteiger partial charge < -0.3 is 4.74 Å². The minimum Gasteiger partial charge on any atom is -0.378 e. The zero-order valence-corrected chi connectivity index (χ0v) is 16.7. The van der Waals surface area contributed by atoms with Gasteiger partial charge in [0.1, 0.15) is 5.88 Å². The summed E-state index contributed by atoms with van der Waals surface area (Å²) in [5.74, 6) is 0.871. The third-order valence-electron chi connectivity index (χ3n) is 4.80. The Hall–Kier alpha value is -0.910. The zero-order valence-electron chi connectivity index (χ0n) is 15.9. The molecule has 5 heteroatoms. The van der Waals surface area contributed by atoms with E-state index in [0.717, 1.165) is 50.4 Å². The van der Waals surface area contributed by atoms with Crippen molar-refractivity contribution in [2.45, 2.75) is 63.9 Å². The quantitative estimate of drug-likeness (QED) is 0.618. The van der Waals surface area contributed by atoms with Crippen molar-refractivity contribution in [1.29, 1.82) is 0 Å². The first-order chi connectivity index (χ1) is 11.9. The Morgan fingerprint density at radius 1 is 1.12 bits per heavy atom. The molecule has 1 aliphatic heterocycles. The Balaban J connectivity index is 1.70. The van der Waals surface area contributed by atoms with Gasteiger partial charge in [-0.15, -0.1) is 0 Å². The van der Waals surface area contributed by atoms with Crippen LogP contribution in [-0.4, -0.2) is 45.0 Å². The van der Waals surface area contributed by atoms with E-state index in [1.165, 1.54) is 12.8 Å². The van der Waals surface area contributed by atoms with Crippen molar-refractivity contribution in [3.8, 4) is 0 Å². The van der Waals surface area contributed by atoms with Gasteiger partial charge in [-0.3, -0.25) is 4.90 Å². The number of rotatable bonds is 9. The molecule has 142 valence electrons. The number of piperidine rings is 1. The van der Waals surface area contributed by atoms with Gasteiger partial charge in [-0.1, -0.05) is 44.4 Å². The molecule has 1 aromatic rings. The van der Waals surface area contributed by atoms with Gasteiger partial charge >= 0.3 is 0 Å². The third kappa shape index (κ3) is 7.08. The highest BCUT2D eigenvalue weighted by Gasteiger charge is 2.24.